The lowest BCUT2D eigenvalue weighted by atomic mass is 9.61. The second-order valence-corrected chi connectivity index (χ2v) is 10.5. The number of fused-ring (bicyclic) bond motifs is 1. The molecular weight excluding hydrogens is 488 g/mol. The fourth-order valence-electron chi connectivity index (χ4n) is 4.72. The highest BCUT2D eigenvalue weighted by Gasteiger charge is 2.74. The standard InChI is InChI=1S/C26H30O11/c1-22(2)23(3,32)24(4,33)25(5,34)26(6,37-22)36-21-19(31)18-16(30)10-13(27)11-17(18)35-20(21)12-7-8-14(28)15(29)9-12/h7-11,27-30,32-34H,1-6H3/t23-,24-,25+,26+/m0/s1. The number of aliphatic hydroxyl groups is 3. The van der Waals surface area contributed by atoms with Crippen LogP contribution in [0.4, 0.5) is 0 Å². The molecule has 0 radical (unpaired) electrons. The van der Waals surface area contributed by atoms with Crippen LogP contribution in [-0.4, -0.2) is 63.9 Å². The van der Waals surface area contributed by atoms with Gasteiger partial charge in [-0.3, -0.25) is 4.79 Å². The number of phenols is 4. The van der Waals surface area contributed by atoms with Crippen LogP contribution < -0.4 is 10.2 Å². The maximum atomic E-state index is 13.7. The lowest BCUT2D eigenvalue weighted by Gasteiger charge is -2.64. The van der Waals surface area contributed by atoms with Gasteiger partial charge >= 0.3 is 0 Å². The lowest BCUT2D eigenvalue weighted by Crippen LogP contribution is -2.84. The average Bonchev–Trinajstić information content (AvgIpc) is 2.75. The molecule has 0 spiro atoms. The van der Waals surface area contributed by atoms with Crippen molar-refractivity contribution in [2.75, 3.05) is 0 Å². The van der Waals surface area contributed by atoms with E-state index in [0.717, 1.165) is 24.3 Å². The summed E-state index contributed by atoms with van der Waals surface area (Å²) < 4.78 is 17.9. The first kappa shape index (κ1) is 26.6. The van der Waals surface area contributed by atoms with E-state index in [1.807, 2.05) is 0 Å². The zero-order valence-corrected chi connectivity index (χ0v) is 21.2. The highest BCUT2D eigenvalue weighted by Crippen LogP contribution is 2.54. The van der Waals surface area contributed by atoms with Crippen LogP contribution in [0.15, 0.2) is 39.5 Å². The van der Waals surface area contributed by atoms with Gasteiger partial charge in [0.15, 0.2) is 22.9 Å². The van der Waals surface area contributed by atoms with E-state index in [0.29, 0.717) is 0 Å². The van der Waals surface area contributed by atoms with E-state index < -0.39 is 62.4 Å². The monoisotopic (exact) mass is 518 g/mol. The molecule has 200 valence electrons. The maximum absolute atomic E-state index is 13.7. The molecular formula is C26H30O11. The van der Waals surface area contributed by atoms with Gasteiger partial charge in [-0.1, -0.05) is 0 Å². The van der Waals surface area contributed by atoms with Gasteiger partial charge in [0.25, 0.3) is 0 Å². The topological polar surface area (TPSA) is 190 Å². The van der Waals surface area contributed by atoms with Crippen molar-refractivity contribution in [1.82, 2.24) is 0 Å². The Kier molecular flexibility index (Phi) is 5.56. The van der Waals surface area contributed by atoms with Crippen molar-refractivity contribution in [3.8, 4) is 40.1 Å². The van der Waals surface area contributed by atoms with Crippen molar-refractivity contribution in [2.45, 2.75) is 69.7 Å². The summed E-state index contributed by atoms with van der Waals surface area (Å²) in [5.41, 5.74) is -9.25. The van der Waals surface area contributed by atoms with Crippen LogP contribution in [0.25, 0.3) is 22.3 Å². The smallest absolute Gasteiger partial charge is 0.240 e. The Bertz CT molecular complexity index is 1470. The van der Waals surface area contributed by atoms with Gasteiger partial charge < -0.3 is 49.6 Å². The Labute approximate surface area is 211 Å². The molecule has 7 N–H and O–H groups in total. The summed E-state index contributed by atoms with van der Waals surface area (Å²) in [5, 5.41) is 73.8. The van der Waals surface area contributed by atoms with Crippen LogP contribution in [0.5, 0.6) is 28.7 Å². The van der Waals surface area contributed by atoms with Crippen LogP contribution in [0.1, 0.15) is 41.5 Å². The van der Waals surface area contributed by atoms with Crippen LogP contribution >= 0.6 is 0 Å². The van der Waals surface area contributed by atoms with Crippen LogP contribution in [0.3, 0.4) is 0 Å². The zero-order valence-electron chi connectivity index (χ0n) is 21.2. The molecule has 0 unspecified atom stereocenters. The van der Waals surface area contributed by atoms with Gasteiger partial charge in [0, 0.05) is 24.6 Å². The van der Waals surface area contributed by atoms with E-state index in [4.69, 9.17) is 13.9 Å². The first-order valence-electron chi connectivity index (χ1n) is 11.4. The van der Waals surface area contributed by atoms with Gasteiger partial charge in [-0.05, 0) is 52.8 Å². The Morgan fingerprint density at radius 1 is 0.757 bits per heavy atom. The minimum atomic E-state index is -2.36. The molecule has 2 aromatic carbocycles. The number of phenolic OH excluding ortho intramolecular Hbond substituents is 4. The summed E-state index contributed by atoms with van der Waals surface area (Å²) in [7, 11) is 0. The average molecular weight is 519 g/mol. The van der Waals surface area contributed by atoms with E-state index >= 15 is 0 Å². The van der Waals surface area contributed by atoms with Crippen LogP contribution in [-0.2, 0) is 4.74 Å². The zero-order chi connectivity index (χ0) is 27.9. The van der Waals surface area contributed by atoms with E-state index in [2.05, 4.69) is 0 Å². The number of hydrogen-bond donors (Lipinski definition) is 7. The molecule has 0 bridgehead atoms. The van der Waals surface area contributed by atoms with Crippen molar-refractivity contribution >= 4 is 11.0 Å². The molecule has 0 aliphatic carbocycles. The number of benzene rings is 2. The Balaban J connectivity index is 2.04. The summed E-state index contributed by atoms with van der Waals surface area (Å²) in [4.78, 5) is 13.7. The summed E-state index contributed by atoms with van der Waals surface area (Å²) in [6.45, 7) is 7.86. The van der Waals surface area contributed by atoms with E-state index in [9.17, 15) is 40.5 Å². The Morgan fingerprint density at radius 2 is 1.38 bits per heavy atom. The molecule has 2 heterocycles. The third-order valence-corrected chi connectivity index (χ3v) is 7.85. The minimum absolute atomic E-state index is 0.0456. The van der Waals surface area contributed by atoms with Gasteiger partial charge in [-0.15, -0.1) is 0 Å². The summed E-state index contributed by atoms with van der Waals surface area (Å²) in [6.07, 6.45) is 0. The van der Waals surface area contributed by atoms with E-state index in [1.54, 1.807) is 0 Å². The Hall–Kier alpha value is -3.51. The quantitative estimate of drug-likeness (QED) is 0.252. The maximum Gasteiger partial charge on any atom is 0.240 e. The van der Waals surface area contributed by atoms with Gasteiger partial charge in [0.2, 0.25) is 17.0 Å². The predicted molar refractivity (Wildman–Crippen MR) is 131 cm³/mol. The van der Waals surface area contributed by atoms with Crippen molar-refractivity contribution in [3.05, 3.63) is 40.6 Å². The van der Waals surface area contributed by atoms with Crippen molar-refractivity contribution in [3.63, 3.8) is 0 Å². The normalized spacial score (nSPS) is 31.4. The molecule has 37 heavy (non-hydrogen) atoms. The van der Waals surface area contributed by atoms with Gasteiger partial charge in [-0.25, -0.2) is 0 Å². The molecule has 4 atom stereocenters. The van der Waals surface area contributed by atoms with E-state index in [-0.39, 0.29) is 22.3 Å². The van der Waals surface area contributed by atoms with Gasteiger partial charge in [0.05, 0.1) is 5.60 Å². The molecule has 1 aliphatic heterocycles. The number of rotatable bonds is 3. The highest BCUT2D eigenvalue weighted by atomic mass is 16.7. The largest absolute Gasteiger partial charge is 0.508 e. The van der Waals surface area contributed by atoms with Crippen LogP contribution in [0.2, 0.25) is 0 Å². The van der Waals surface area contributed by atoms with Gasteiger partial charge in [-0.2, -0.15) is 0 Å². The fourth-order valence-corrected chi connectivity index (χ4v) is 4.72. The molecule has 11 nitrogen and oxygen atoms in total. The summed E-state index contributed by atoms with van der Waals surface area (Å²) in [6, 6.07) is 5.54. The third-order valence-electron chi connectivity index (χ3n) is 7.85. The highest BCUT2D eigenvalue weighted by molar-refractivity contribution is 5.88. The molecule has 1 saturated heterocycles. The number of aromatic hydroxyl groups is 4. The fraction of sp³-hybridized carbons (Fsp3) is 0.423. The molecule has 1 aromatic heterocycles. The number of ether oxygens (including phenoxy) is 2. The predicted octanol–water partition coefficient (Wildman–Crippen LogP) is 2.44. The van der Waals surface area contributed by atoms with Gasteiger partial charge in [0.1, 0.15) is 33.7 Å². The molecule has 3 aromatic rings. The van der Waals surface area contributed by atoms with Crippen LogP contribution in [0, 0.1) is 0 Å². The SMILES string of the molecule is CC1(C)O[C@@](C)(Oc2c(-c3ccc(O)c(O)c3)oc3cc(O)cc(O)c3c2=O)[C@](C)(O)[C@@](C)(O)[C@@]1(C)O. The van der Waals surface area contributed by atoms with Crippen molar-refractivity contribution < 1.29 is 49.6 Å². The lowest BCUT2D eigenvalue weighted by molar-refractivity contribution is -0.435. The first-order valence-corrected chi connectivity index (χ1v) is 11.4. The summed E-state index contributed by atoms with van der Waals surface area (Å²) >= 11 is 0. The Morgan fingerprint density at radius 3 is 1.97 bits per heavy atom. The molecule has 11 heteroatoms. The molecule has 0 saturated carbocycles. The second-order valence-electron chi connectivity index (χ2n) is 10.5. The molecule has 1 aliphatic rings. The first-order chi connectivity index (χ1) is 16.8. The van der Waals surface area contributed by atoms with E-state index in [1.165, 1.54) is 47.6 Å². The van der Waals surface area contributed by atoms with Crippen molar-refractivity contribution in [1.29, 1.82) is 0 Å². The third kappa shape index (κ3) is 3.53. The second kappa shape index (κ2) is 7.75. The molecule has 4 rings (SSSR count). The molecule has 0 amide bonds. The van der Waals surface area contributed by atoms with Crippen molar-refractivity contribution in [2.24, 2.45) is 0 Å². The molecule has 1 fully saturated rings. The number of hydrogen-bond acceptors (Lipinski definition) is 11. The summed E-state index contributed by atoms with van der Waals surface area (Å²) in [5.74, 6) is -5.11. The minimum Gasteiger partial charge on any atom is -0.508 e.